The largest absolute Gasteiger partial charge is 0.354 e. The highest BCUT2D eigenvalue weighted by Gasteiger charge is 2.08. The SMILES string of the molecule is CC(C)CCNc1nccc(C(=O)NCCc2cccc(Cl)c2)n1. The number of benzene rings is 1. The summed E-state index contributed by atoms with van der Waals surface area (Å²) in [5.74, 6) is 0.889. The molecule has 0 saturated heterocycles. The predicted molar refractivity (Wildman–Crippen MR) is 97.5 cm³/mol. The van der Waals surface area contributed by atoms with Crippen LogP contribution in [0, 0.1) is 5.92 Å². The van der Waals surface area contributed by atoms with Crippen LogP contribution in [0.15, 0.2) is 36.5 Å². The quantitative estimate of drug-likeness (QED) is 0.767. The smallest absolute Gasteiger partial charge is 0.270 e. The van der Waals surface area contributed by atoms with Crippen molar-refractivity contribution < 1.29 is 4.79 Å². The van der Waals surface area contributed by atoms with Gasteiger partial charge < -0.3 is 10.6 Å². The fraction of sp³-hybridized carbons (Fsp3) is 0.389. The minimum atomic E-state index is -0.202. The molecule has 24 heavy (non-hydrogen) atoms. The van der Waals surface area contributed by atoms with Crippen molar-refractivity contribution in [3.8, 4) is 0 Å². The monoisotopic (exact) mass is 346 g/mol. The number of carbonyl (C=O) groups excluding carboxylic acids is 1. The number of rotatable bonds is 8. The number of anilines is 1. The van der Waals surface area contributed by atoms with Gasteiger partial charge in [-0.1, -0.05) is 37.6 Å². The number of carbonyl (C=O) groups is 1. The molecule has 0 saturated carbocycles. The van der Waals surface area contributed by atoms with E-state index >= 15 is 0 Å². The first-order valence-corrected chi connectivity index (χ1v) is 8.52. The van der Waals surface area contributed by atoms with Crippen molar-refractivity contribution in [2.45, 2.75) is 26.7 Å². The van der Waals surface area contributed by atoms with Crippen LogP contribution in [-0.4, -0.2) is 29.0 Å². The fourth-order valence-electron chi connectivity index (χ4n) is 2.15. The van der Waals surface area contributed by atoms with Crippen molar-refractivity contribution in [2.24, 2.45) is 5.92 Å². The molecule has 5 nitrogen and oxygen atoms in total. The Morgan fingerprint density at radius 1 is 1.25 bits per heavy atom. The summed E-state index contributed by atoms with van der Waals surface area (Å²) in [4.78, 5) is 20.6. The highest BCUT2D eigenvalue weighted by atomic mass is 35.5. The Balaban J connectivity index is 1.83. The molecule has 2 N–H and O–H groups in total. The standard InChI is InChI=1S/C18H23ClN4O/c1-13(2)6-9-21-18-22-11-8-16(23-18)17(24)20-10-7-14-4-3-5-15(19)12-14/h3-5,8,11-13H,6-7,9-10H2,1-2H3,(H,20,24)(H,21,22,23). The van der Waals surface area contributed by atoms with Crippen molar-refractivity contribution in [1.29, 1.82) is 0 Å². The van der Waals surface area contributed by atoms with Crippen molar-refractivity contribution >= 4 is 23.5 Å². The molecule has 128 valence electrons. The number of aromatic nitrogens is 2. The van der Waals surface area contributed by atoms with Gasteiger partial charge in [0.05, 0.1) is 0 Å². The average Bonchev–Trinajstić information content (AvgIpc) is 2.55. The molecule has 1 aromatic carbocycles. The van der Waals surface area contributed by atoms with Gasteiger partial charge in [0, 0.05) is 24.3 Å². The summed E-state index contributed by atoms with van der Waals surface area (Å²) in [6.07, 6.45) is 3.34. The molecule has 0 spiro atoms. The first-order valence-electron chi connectivity index (χ1n) is 8.14. The van der Waals surface area contributed by atoms with E-state index in [0.29, 0.717) is 29.1 Å². The van der Waals surface area contributed by atoms with Crippen LogP contribution in [0.5, 0.6) is 0 Å². The highest BCUT2D eigenvalue weighted by molar-refractivity contribution is 6.30. The van der Waals surface area contributed by atoms with E-state index in [1.165, 1.54) is 0 Å². The lowest BCUT2D eigenvalue weighted by atomic mass is 10.1. The number of hydrogen-bond acceptors (Lipinski definition) is 4. The summed E-state index contributed by atoms with van der Waals surface area (Å²) in [7, 11) is 0. The minimum Gasteiger partial charge on any atom is -0.354 e. The lowest BCUT2D eigenvalue weighted by Gasteiger charge is -2.08. The first kappa shape index (κ1) is 18.2. The zero-order chi connectivity index (χ0) is 17.4. The van der Waals surface area contributed by atoms with Crippen LogP contribution < -0.4 is 10.6 Å². The van der Waals surface area contributed by atoms with Crippen LogP contribution in [0.1, 0.15) is 36.3 Å². The lowest BCUT2D eigenvalue weighted by Crippen LogP contribution is -2.27. The van der Waals surface area contributed by atoms with Crippen molar-refractivity contribution in [2.75, 3.05) is 18.4 Å². The van der Waals surface area contributed by atoms with Crippen molar-refractivity contribution in [3.05, 3.63) is 52.8 Å². The summed E-state index contributed by atoms with van der Waals surface area (Å²) < 4.78 is 0. The van der Waals surface area contributed by atoms with E-state index in [0.717, 1.165) is 24.9 Å². The second-order valence-corrected chi connectivity index (χ2v) is 6.45. The molecule has 2 rings (SSSR count). The zero-order valence-electron chi connectivity index (χ0n) is 14.1. The second-order valence-electron chi connectivity index (χ2n) is 6.01. The number of hydrogen-bond donors (Lipinski definition) is 2. The van der Waals surface area contributed by atoms with Crippen LogP contribution in [0.25, 0.3) is 0 Å². The molecule has 0 atom stereocenters. The Kier molecular flexibility index (Phi) is 7.00. The molecule has 0 aliphatic carbocycles. The molecule has 6 heteroatoms. The maximum atomic E-state index is 12.2. The van der Waals surface area contributed by atoms with Crippen LogP contribution in [-0.2, 0) is 6.42 Å². The minimum absolute atomic E-state index is 0.202. The van der Waals surface area contributed by atoms with Gasteiger partial charge in [-0.05, 0) is 42.5 Å². The molecule has 0 unspecified atom stereocenters. The van der Waals surface area contributed by atoms with E-state index in [-0.39, 0.29) is 5.91 Å². The molecule has 2 aromatic rings. The van der Waals surface area contributed by atoms with Gasteiger partial charge in [-0.2, -0.15) is 0 Å². The molecule has 0 fully saturated rings. The van der Waals surface area contributed by atoms with Gasteiger partial charge >= 0.3 is 0 Å². The van der Waals surface area contributed by atoms with Gasteiger partial charge in [0.15, 0.2) is 0 Å². The average molecular weight is 347 g/mol. The Bertz CT molecular complexity index is 676. The van der Waals surface area contributed by atoms with Crippen molar-refractivity contribution in [3.63, 3.8) is 0 Å². The fourth-order valence-corrected chi connectivity index (χ4v) is 2.36. The van der Waals surface area contributed by atoms with E-state index in [1.54, 1.807) is 12.3 Å². The number of nitrogens with zero attached hydrogens (tertiary/aromatic N) is 2. The molecule has 1 amide bonds. The number of amides is 1. The van der Waals surface area contributed by atoms with E-state index in [1.807, 2.05) is 24.3 Å². The molecular formula is C18H23ClN4O. The van der Waals surface area contributed by atoms with Gasteiger partial charge in [-0.3, -0.25) is 4.79 Å². The Morgan fingerprint density at radius 3 is 2.83 bits per heavy atom. The Hall–Kier alpha value is -2.14. The van der Waals surface area contributed by atoms with E-state index < -0.39 is 0 Å². The van der Waals surface area contributed by atoms with Gasteiger partial charge in [0.1, 0.15) is 5.69 Å². The number of halogens is 1. The van der Waals surface area contributed by atoms with Gasteiger partial charge in [0.25, 0.3) is 5.91 Å². The molecule has 1 heterocycles. The molecular weight excluding hydrogens is 324 g/mol. The van der Waals surface area contributed by atoms with Gasteiger partial charge in [0.2, 0.25) is 5.95 Å². The molecule has 1 aromatic heterocycles. The second kappa shape index (κ2) is 9.23. The topological polar surface area (TPSA) is 66.9 Å². The zero-order valence-corrected chi connectivity index (χ0v) is 14.8. The summed E-state index contributed by atoms with van der Waals surface area (Å²) in [6.45, 7) is 5.63. The van der Waals surface area contributed by atoms with Crippen LogP contribution in [0.2, 0.25) is 5.02 Å². The summed E-state index contributed by atoms with van der Waals surface area (Å²) >= 11 is 5.95. The van der Waals surface area contributed by atoms with E-state index in [4.69, 9.17) is 11.6 Å². The maximum absolute atomic E-state index is 12.2. The normalized spacial score (nSPS) is 10.7. The summed E-state index contributed by atoms with van der Waals surface area (Å²) in [6, 6.07) is 9.23. The first-order chi connectivity index (χ1) is 11.5. The van der Waals surface area contributed by atoms with Gasteiger partial charge in [-0.25, -0.2) is 9.97 Å². The third-order valence-electron chi connectivity index (χ3n) is 3.48. The maximum Gasteiger partial charge on any atom is 0.270 e. The Morgan fingerprint density at radius 2 is 2.08 bits per heavy atom. The third kappa shape index (κ3) is 6.16. The predicted octanol–water partition coefficient (Wildman–Crippen LogP) is 3.56. The molecule has 0 aliphatic rings. The summed E-state index contributed by atoms with van der Waals surface area (Å²) in [5, 5.41) is 6.71. The van der Waals surface area contributed by atoms with Crippen LogP contribution >= 0.6 is 11.6 Å². The highest BCUT2D eigenvalue weighted by Crippen LogP contribution is 2.10. The van der Waals surface area contributed by atoms with E-state index in [9.17, 15) is 4.79 Å². The van der Waals surface area contributed by atoms with Crippen LogP contribution in [0.3, 0.4) is 0 Å². The lowest BCUT2D eigenvalue weighted by molar-refractivity contribution is 0.0949. The third-order valence-corrected chi connectivity index (χ3v) is 3.72. The van der Waals surface area contributed by atoms with Crippen LogP contribution in [0.4, 0.5) is 5.95 Å². The van der Waals surface area contributed by atoms with Crippen molar-refractivity contribution in [1.82, 2.24) is 15.3 Å². The van der Waals surface area contributed by atoms with E-state index in [2.05, 4.69) is 34.4 Å². The Labute approximate surface area is 147 Å². The number of nitrogens with one attached hydrogen (secondary N) is 2. The molecule has 0 aliphatic heterocycles. The molecule has 0 bridgehead atoms. The summed E-state index contributed by atoms with van der Waals surface area (Å²) in [5.41, 5.74) is 1.45. The molecule has 0 radical (unpaired) electrons. The van der Waals surface area contributed by atoms with Gasteiger partial charge in [-0.15, -0.1) is 0 Å².